The third-order valence-corrected chi connectivity index (χ3v) is 3.28. The third-order valence-electron chi connectivity index (χ3n) is 3.28. The van der Waals surface area contributed by atoms with E-state index >= 15 is 0 Å². The first-order chi connectivity index (χ1) is 8.25. The molecule has 17 heavy (non-hydrogen) atoms. The van der Waals surface area contributed by atoms with Crippen LogP contribution in [0, 0.1) is 0 Å². The minimum Gasteiger partial charge on any atom is -0.256 e. The number of hydrogen-bond acceptors (Lipinski definition) is 1. The molecule has 3 rings (SSSR count). The van der Waals surface area contributed by atoms with Crippen molar-refractivity contribution in [2.24, 2.45) is 0 Å². The van der Waals surface area contributed by atoms with Crippen molar-refractivity contribution in [1.82, 2.24) is 4.98 Å². The number of hydrogen-bond donors (Lipinski definition) is 0. The molecule has 3 aromatic rings. The minimum absolute atomic E-state index is 0.554. The molecular weight excluding hydrogens is 206 g/mol. The number of rotatable bonds is 1. The molecule has 84 valence electrons. The molecule has 0 aliphatic heterocycles. The maximum Gasteiger partial charge on any atom is 0.0780 e. The van der Waals surface area contributed by atoms with Gasteiger partial charge in [-0.1, -0.05) is 44.2 Å². The van der Waals surface area contributed by atoms with Crippen LogP contribution in [0.4, 0.5) is 0 Å². The van der Waals surface area contributed by atoms with Crippen molar-refractivity contribution in [2.45, 2.75) is 19.8 Å². The minimum atomic E-state index is 0.554. The fourth-order valence-corrected chi connectivity index (χ4v) is 2.24. The fourth-order valence-electron chi connectivity index (χ4n) is 2.24. The predicted molar refractivity (Wildman–Crippen MR) is 73.3 cm³/mol. The first-order valence-electron chi connectivity index (χ1n) is 6.03. The number of nitrogens with zero attached hydrogens (tertiary/aromatic N) is 1. The zero-order chi connectivity index (χ0) is 11.8. The average molecular weight is 221 g/mol. The molecule has 0 amide bonds. The number of pyridine rings is 1. The van der Waals surface area contributed by atoms with Crippen molar-refractivity contribution in [1.29, 1.82) is 0 Å². The lowest BCUT2D eigenvalue weighted by atomic mass is 9.98. The third kappa shape index (κ3) is 1.68. The molecule has 0 atom stereocenters. The van der Waals surface area contributed by atoms with E-state index < -0.39 is 0 Å². The first-order valence-corrected chi connectivity index (χ1v) is 6.03. The number of benzene rings is 2. The van der Waals surface area contributed by atoms with Crippen molar-refractivity contribution in [2.75, 3.05) is 0 Å². The van der Waals surface area contributed by atoms with E-state index in [2.05, 4.69) is 55.2 Å². The monoisotopic (exact) mass is 221 g/mol. The summed E-state index contributed by atoms with van der Waals surface area (Å²) in [5, 5.41) is 3.73. The maximum absolute atomic E-state index is 4.51. The van der Waals surface area contributed by atoms with Gasteiger partial charge in [-0.15, -0.1) is 0 Å². The van der Waals surface area contributed by atoms with Crippen LogP contribution in [0.25, 0.3) is 21.7 Å². The summed E-state index contributed by atoms with van der Waals surface area (Å²) in [5.41, 5.74) is 2.48. The van der Waals surface area contributed by atoms with E-state index in [0.717, 1.165) is 5.52 Å². The Morgan fingerprint density at radius 2 is 1.71 bits per heavy atom. The van der Waals surface area contributed by atoms with Gasteiger partial charge in [-0.05, 0) is 29.0 Å². The maximum atomic E-state index is 4.51. The average Bonchev–Trinajstić information content (AvgIpc) is 2.38. The van der Waals surface area contributed by atoms with Gasteiger partial charge in [0.2, 0.25) is 0 Å². The molecule has 0 spiro atoms. The molecule has 0 bridgehead atoms. The van der Waals surface area contributed by atoms with Crippen LogP contribution in [0.2, 0.25) is 0 Å². The second kappa shape index (κ2) is 3.85. The standard InChI is InChI=1S/C16H15N/c1-11(2)14-8-6-12-5-7-13-4-3-9-17-16(13)15(12)10-14/h3-11H,1-2H3. The van der Waals surface area contributed by atoms with Crippen LogP contribution < -0.4 is 0 Å². The summed E-state index contributed by atoms with van der Waals surface area (Å²) in [4.78, 5) is 4.51. The molecule has 0 fully saturated rings. The number of fused-ring (bicyclic) bond motifs is 3. The van der Waals surface area contributed by atoms with E-state index in [0.29, 0.717) is 5.92 Å². The van der Waals surface area contributed by atoms with Crippen molar-refractivity contribution in [3.63, 3.8) is 0 Å². The molecule has 0 unspecified atom stereocenters. The van der Waals surface area contributed by atoms with Crippen LogP contribution in [-0.2, 0) is 0 Å². The normalized spacial score (nSPS) is 11.5. The van der Waals surface area contributed by atoms with Gasteiger partial charge in [0.1, 0.15) is 0 Å². The predicted octanol–water partition coefficient (Wildman–Crippen LogP) is 4.51. The molecule has 0 radical (unpaired) electrons. The van der Waals surface area contributed by atoms with Gasteiger partial charge in [0, 0.05) is 17.0 Å². The lowest BCUT2D eigenvalue weighted by molar-refractivity contribution is 0.869. The fraction of sp³-hybridized carbons (Fsp3) is 0.188. The Bertz CT molecular complexity index is 683. The second-order valence-corrected chi connectivity index (χ2v) is 4.78. The van der Waals surface area contributed by atoms with E-state index in [4.69, 9.17) is 0 Å². The molecular formula is C16H15N. The Balaban J connectivity index is 2.42. The molecule has 1 heterocycles. The molecule has 0 aliphatic rings. The van der Waals surface area contributed by atoms with Crippen molar-refractivity contribution < 1.29 is 0 Å². The van der Waals surface area contributed by atoms with Crippen molar-refractivity contribution in [3.8, 4) is 0 Å². The van der Waals surface area contributed by atoms with Crippen LogP contribution in [0.1, 0.15) is 25.3 Å². The summed E-state index contributed by atoms with van der Waals surface area (Å²) >= 11 is 0. The molecule has 1 aromatic heterocycles. The molecule has 1 nitrogen and oxygen atoms in total. The van der Waals surface area contributed by atoms with Crippen molar-refractivity contribution >= 4 is 21.7 Å². The van der Waals surface area contributed by atoms with Gasteiger partial charge < -0.3 is 0 Å². The van der Waals surface area contributed by atoms with Gasteiger partial charge in [-0.25, -0.2) is 0 Å². The van der Waals surface area contributed by atoms with Gasteiger partial charge in [-0.3, -0.25) is 4.98 Å². The van der Waals surface area contributed by atoms with Gasteiger partial charge >= 0.3 is 0 Å². The second-order valence-electron chi connectivity index (χ2n) is 4.78. The molecule has 0 saturated heterocycles. The van der Waals surface area contributed by atoms with Crippen molar-refractivity contribution in [3.05, 3.63) is 54.2 Å². The Hall–Kier alpha value is -1.89. The summed E-state index contributed by atoms with van der Waals surface area (Å²) in [5.74, 6) is 0.554. The quantitative estimate of drug-likeness (QED) is 0.551. The smallest absolute Gasteiger partial charge is 0.0780 e. The van der Waals surface area contributed by atoms with Crippen LogP contribution >= 0.6 is 0 Å². The zero-order valence-electron chi connectivity index (χ0n) is 10.1. The van der Waals surface area contributed by atoms with E-state index in [1.807, 2.05) is 12.3 Å². The lowest BCUT2D eigenvalue weighted by Gasteiger charge is -2.08. The Labute approximate surface area is 101 Å². The molecule has 0 saturated carbocycles. The Morgan fingerprint density at radius 1 is 0.941 bits per heavy atom. The van der Waals surface area contributed by atoms with Gasteiger partial charge in [-0.2, -0.15) is 0 Å². The summed E-state index contributed by atoms with van der Waals surface area (Å²) in [6, 6.07) is 15.1. The Kier molecular flexibility index (Phi) is 2.32. The highest BCUT2D eigenvalue weighted by atomic mass is 14.6. The van der Waals surface area contributed by atoms with Crippen LogP contribution in [0.3, 0.4) is 0 Å². The Morgan fingerprint density at radius 3 is 2.53 bits per heavy atom. The topological polar surface area (TPSA) is 12.9 Å². The highest BCUT2D eigenvalue weighted by Crippen LogP contribution is 2.26. The van der Waals surface area contributed by atoms with Crippen LogP contribution in [0.15, 0.2) is 48.7 Å². The van der Waals surface area contributed by atoms with E-state index in [9.17, 15) is 0 Å². The largest absolute Gasteiger partial charge is 0.256 e. The zero-order valence-corrected chi connectivity index (χ0v) is 10.1. The van der Waals surface area contributed by atoms with Crippen LogP contribution in [-0.4, -0.2) is 4.98 Å². The van der Waals surface area contributed by atoms with Gasteiger partial charge in [0.15, 0.2) is 0 Å². The van der Waals surface area contributed by atoms with Crippen LogP contribution in [0.5, 0.6) is 0 Å². The highest BCUT2D eigenvalue weighted by molar-refractivity contribution is 6.05. The lowest BCUT2D eigenvalue weighted by Crippen LogP contribution is -1.88. The summed E-state index contributed by atoms with van der Waals surface area (Å²) in [6.45, 7) is 4.44. The SMILES string of the molecule is CC(C)c1ccc2ccc3cccnc3c2c1. The molecule has 0 N–H and O–H groups in total. The summed E-state index contributed by atoms with van der Waals surface area (Å²) < 4.78 is 0. The molecule has 1 heteroatoms. The van der Waals surface area contributed by atoms with E-state index in [1.54, 1.807) is 0 Å². The summed E-state index contributed by atoms with van der Waals surface area (Å²) in [6.07, 6.45) is 1.86. The van der Waals surface area contributed by atoms with E-state index in [1.165, 1.54) is 21.7 Å². The van der Waals surface area contributed by atoms with Gasteiger partial charge in [0.05, 0.1) is 5.52 Å². The number of aromatic nitrogens is 1. The molecule has 0 aliphatic carbocycles. The summed E-state index contributed by atoms with van der Waals surface area (Å²) in [7, 11) is 0. The highest BCUT2D eigenvalue weighted by Gasteiger charge is 2.04. The first kappa shape index (κ1) is 10.3. The van der Waals surface area contributed by atoms with E-state index in [-0.39, 0.29) is 0 Å². The van der Waals surface area contributed by atoms with Gasteiger partial charge in [0.25, 0.3) is 0 Å². The molecule has 2 aromatic carbocycles.